The summed E-state index contributed by atoms with van der Waals surface area (Å²) in [6, 6.07) is 11.1. The molecule has 0 saturated carbocycles. The van der Waals surface area contributed by atoms with E-state index < -0.39 is 11.8 Å². The van der Waals surface area contributed by atoms with Crippen LogP contribution in [-0.4, -0.2) is 36.2 Å². The van der Waals surface area contributed by atoms with E-state index in [4.69, 9.17) is 25.5 Å². The van der Waals surface area contributed by atoms with Crippen LogP contribution in [0.3, 0.4) is 0 Å². The summed E-state index contributed by atoms with van der Waals surface area (Å²) in [5.41, 5.74) is 2.08. The third kappa shape index (κ3) is 3.52. The van der Waals surface area contributed by atoms with E-state index in [0.717, 1.165) is 0 Å². The van der Waals surface area contributed by atoms with Crippen LogP contribution in [-0.2, 0) is 4.74 Å². The first kappa shape index (κ1) is 20.3. The summed E-state index contributed by atoms with van der Waals surface area (Å²) in [7, 11) is 1.29. The summed E-state index contributed by atoms with van der Waals surface area (Å²) in [6.45, 7) is 1.02. The van der Waals surface area contributed by atoms with Gasteiger partial charge in [-0.05, 0) is 36.8 Å². The first-order valence-electron chi connectivity index (χ1n) is 9.89. The fourth-order valence-corrected chi connectivity index (χ4v) is 3.87. The molecule has 4 aromatic rings. The van der Waals surface area contributed by atoms with E-state index in [9.17, 15) is 9.18 Å². The number of esters is 1. The number of benzene rings is 2. The van der Waals surface area contributed by atoms with Gasteiger partial charge in [-0.1, -0.05) is 17.7 Å². The average molecular weight is 454 g/mol. The van der Waals surface area contributed by atoms with Gasteiger partial charge in [-0.15, -0.1) is 0 Å². The number of carbonyl (C=O) groups is 1. The molecule has 0 radical (unpaired) electrons. The number of methoxy groups -OCH3 is 1. The third-order valence-corrected chi connectivity index (χ3v) is 5.46. The van der Waals surface area contributed by atoms with Crippen LogP contribution in [0.1, 0.15) is 16.8 Å². The molecule has 0 atom stereocenters. The minimum atomic E-state index is -0.581. The van der Waals surface area contributed by atoms with E-state index in [2.05, 4.69) is 9.97 Å². The van der Waals surface area contributed by atoms with Gasteiger partial charge in [0, 0.05) is 18.8 Å². The van der Waals surface area contributed by atoms with E-state index in [-0.39, 0.29) is 11.5 Å². The molecule has 2 aromatic heterocycles. The summed E-state index contributed by atoms with van der Waals surface area (Å²) in [4.78, 5) is 23.4. The van der Waals surface area contributed by atoms with Crippen molar-refractivity contribution in [2.24, 2.45) is 0 Å². The quantitative estimate of drug-likeness (QED) is 0.385. The SMILES string of the molecule is COC(=O)c1cc(N2CCCOc3ccc(F)cc32)ncc1-c1nc2cccc(Cl)c2o1. The van der Waals surface area contributed by atoms with Crippen LogP contribution in [0.5, 0.6) is 5.75 Å². The smallest absolute Gasteiger partial charge is 0.338 e. The second kappa shape index (κ2) is 8.12. The highest BCUT2D eigenvalue weighted by Crippen LogP contribution is 2.38. The highest BCUT2D eigenvalue weighted by atomic mass is 35.5. The molecule has 0 aliphatic carbocycles. The number of rotatable bonds is 3. The van der Waals surface area contributed by atoms with E-state index in [0.29, 0.717) is 58.5 Å². The van der Waals surface area contributed by atoms with E-state index in [1.165, 1.54) is 25.4 Å². The van der Waals surface area contributed by atoms with Crippen molar-refractivity contribution in [2.45, 2.75) is 6.42 Å². The standard InChI is InChI=1S/C23H17ClFN3O4/c1-30-23(29)14-11-20(28-8-3-9-31-19-7-6-13(25)10-18(19)28)26-12-15(14)22-27-17-5-2-4-16(24)21(17)32-22/h2,4-7,10-12H,3,8-9H2,1H3. The molecular formula is C23H17ClFN3O4. The molecule has 1 aliphatic rings. The molecule has 0 fully saturated rings. The molecule has 3 heterocycles. The Morgan fingerprint density at radius 1 is 1.25 bits per heavy atom. The van der Waals surface area contributed by atoms with Gasteiger partial charge in [0.2, 0.25) is 5.89 Å². The summed E-state index contributed by atoms with van der Waals surface area (Å²) >= 11 is 6.20. The van der Waals surface area contributed by atoms with Crippen molar-refractivity contribution in [1.29, 1.82) is 0 Å². The van der Waals surface area contributed by atoms with Crippen LogP contribution in [0.15, 0.2) is 53.1 Å². The van der Waals surface area contributed by atoms with Crippen LogP contribution in [0.2, 0.25) is 5.02 Å². The molecule has 0 unspecified atom stereocenters. The molecule has 2 aromatic carbocycles. The molecular weight excluding hydrogens is 437 g/mol. The van der Waals surface area contributed by atoms with Crippen molar-refractivity contribution >= 4 is 40.2 Å². The minimum Gasteiger partial charge on any atom is -0.491 e. The molecule has 0 N–H and O–H groups in total. The molecule has 0 spiro atoms. The Balaban J connectivity index is 1.64. The molecule has 5 rings (SSSR count). The maximum absolute atomic E-state index is 14.0. The number of carbonyl (C=O) groups excluding carboxylic acids is 1. The highest BCUT2D eigenvalue weighted by Gasteiger charge is 2.25. The van der Waals surface area contributed by atoms with Crippen molar-refractivity contribution in [3.63, 3.8) is 0 Å². The normalized spacial score (nSPS) is 13.4. The number of hydrogen-bond acceptors (Lipinski definition) is 7. The lowest BCUT2D eigenvalue weighted by Gasteiger charge is -2.23. The molecule has 7 nitrogen and oxygen atoms in total. The van der Waals surface area contributed by atoms with Gasteiger partial charge in [-0.2, -0.15) is 0 Å². The van der Waals surface area contributed by atoms with E-state index in [1.54, 1.807) is 30.3 Å². The zero-order valence-corrected chi connectivity index (χ0v) is 17.7. The Kier molecular flexibility index (Phi) is 5.14. The van der Waals surface area contributed by atoms with E-state index in [1.807, 2.05) is 4.90 Å². The number of pyridine rings is 1. The summed E-state index contributed by atoms with van der Waals surface area (Å²) < 4.78 is 30.5. The van der Waals surface area contributed by atoms with Crippen molar-refractivity contribution in [3.05, 3.63) is 65.1 Å². The van der Waals surface area contributed by atoms with Crippen molar-refractivity contribution in [1.82, 2.24) is 9.97 Å². The molecule has 9 heteroatoms. The Labute approximate surface area is 187 Å². The van der Waals surface area contributed by atoms with Crippen molar-refractivity contribution < 1.29 is 23.1 Å². The first-order valence-corrected chi connectivity index (χ1v) is 10.3. The van der Waals surface area contributed by atoms with Crippen molar-refractivity contribution in [3.8, 4) is 17.2 Å². The highest BCUT2D eigenvalue weighted by molar-refractivity contribution is 6.34. The Morgan fingerprint density at radius 2 is 2.12 bits per heavy atom. The predicted octanol–water partition coefficient (Wildman–Crippen LogP) is 5.39. The summed E-state index contributed by atoms with van der Waals surface area (Å²) in [6.07, 6.45) is 2.18. The molecule has 0 saturated heterocycles. The monoisotopic (exact) mass is 453 g/mol. The number of aromatic nitrogens is 2. The molecule has 0 bridgehead atoms. The lowest BCUT2D eigenvalue weighted by molar-refractivity contribution is 0.0601. The lowest BCUT2D eigenvalue weighted by atomic mass is 10.1. The maximum Gasteiger partial charge on any atom is 0.338 e. The van der Waals surface area contributed by atoms with Gasteiger partial charge in [-0.25, -0.2) is 19.2 Å². The summed E-state index contributed by atoms with van der Waals surface area (Å²) in [5.74, 6) is 0.205. The zero-order valence-electron chi connectivity index (χ0n) is 17.0. The number of oxazole rings is 1. The average Bonchev–Trinajstić information content (AvgIpc) is 3.14. The number of halogens is 2. The third-order valence-electron chi connectivity index (χ3n) is 5.16. The second-order valence-corrected chi connectivity index (χ2v) is 7.56. The number of nitrogens with zero attached hydrogens (tertiary/aromatic N) is 3. The number of hydrogen-bond donors (Lipinski definition) is 0. The number of ether oxygens (including phenoxy) is 2. The van der Waals surface area contributed by atoms with Crippen LogP contribution in [0, 0.1) is 5.82 Å². The summed E-state index contributed by atoms with van der Waals surface area (Å²) in [5, 5.41) is 0.411. The number of anilines is 2. The van der Waals surface area contributed by atoms with Crippen LogP contribution in [0.25, 0.3) is 22.6 Å². The van der Waals surface area contributed by atoms with Crippen LogP contribution < -0.4 is 9.64 Å². The van der Waals surface area contributed by atoms with Gasteiger partial charge in [0.15, 0.2) is 5.58 Å². The number of fused-ring (bicyclic) bond motifs is 2. The first-order chi connectivity index (χ1) is 15.5. The van der Waals surface area contributed by atoms with Crippen LogP contribution in [0.4, 0.5) is 15.9 Å². The zero-order chi connectivity index (χ0) is 22.2. The van der Waals surface area contributed by atoms with Gasteiger partial charge in [0.1, 0.15) is 22.9 Å². The fraction of sp³-hybridized carbons (Fsp3) is 0.174. The Hall–Kier alpha value is -3.65. The largest absolute Gasteiger partial charge is 0.491 e. The lowest BCUT2D eigenvalue weighted by Crippen LogP contribution is -2.20. The van der Waals surface area contributed by atoms with Crippen LogP contribution >= 0.6 is 11.6 Å². The van der Waals surface area contributed by atoms with Gasteiger partial charge in [0.25, 0.3) is 0 Å². The van der Waals surface area contributed by atoms with Gasteiger partial charge in [0.05, 0.1) is 35.6 Å². The molecule has 1 aliphatic heterocycles. The van der Waals surface area contributed by atoms with Gasteiger partial charge in [-0.3, -0.25) is 0 Å². The molecule has 32 heavy (non-hydrogen) atoms. The molecule has 162 valence electrons. The topological polar surface area (TPSA) is 77.7 Å². The van der Waals surface area contributed by atoms with Gasteiger partial charge < -0.3 is 18.8 Å². The molecule has 0 amide bonds. The maximum atomic E-state index is 14.0. The second-order valence-electron chi connectivity index (χ2n) is 7.15. The predicted molar refractivity (Wildman–Crippen MR) is 117 cm³/mol. The number of para-hydroxylation sites is 1. The fourth-order valence-electron chi connectivity index (χ4n) is 3.66. The van der Waals surface area contributed by atoms with E-state index >= 15 is 0 Å². The van der Waals surface area contributed by atoms with Gasteiger partial charge >= 0.3 is 5.97 Å². The van der Waals surface area contributed by atoms with Crippen molar-refractivity contribution in [2.75, 3.05) is 25.2 Å². The minimum absolute atomic E-state index is 0.193. The Morgan fingerprint density at radius 3 is 2.94 bits per heavy atom. The Bertz CT molecular complexity index is 1340.